The van der Waals surface area contributed by atoms with Crippen molar-refractivity contribution in [3.05, 3.63) is 72.3 Å². The van der Waals surface area contributed by atoms with Crippen molar-refractivity contribution in [1.82, 2.24) is 10.9 Å². The Balaban J connectivity index is 1.54. The molecule has 0 aliphatic carbocycles. The van der Waals surface area contributed by atoms with Crippen molar-refractivity contribution in [2.75, 3.05) is 14.2 Å². The highest BCUT2D eigenvalue weighted by Crippen LogP contribution is 2.25. The first kappa shape index (κ1) is 21.7. The zero-order valence-electron chi connectivity index (χ0n) is 17.5. The van der Waals surface area contributed by atoms with Crippen molar-refractivity contribution in [3.8, 4) is 17.2 Å². The van der Waals surface area contributed by atoms with Crippen LogP contribution in [0.1, 0.15) is 12.5 Å². The predicted molar refractivity (Wildman–Crippen MR) is 119 cm³/mol. The summed E-state index contributed by atoms with van der Waals surface area (Å²) in [5.41, 5.74) is 5.36. The summed E-state index contributed by atoms with van der Waals surface area (Å²) < 4.78 is 16.1. The Labute approximate surface area is 180 Å². The van der Waals surface area contributed by atoms with Crippen LogP contribution in [0.25, 0.3) is 16.8 Å². The van der Waals surface area contributed by atoms with Crippen LogP contribution in [0, 0.1) is 0 Å². The number of amides is 2. The largest absolute Gasteiger partial charge is 0.497 e. The van der Waals surface area contributed by atoms with Gasteiger partial charge in [0.1, 0.15) is 17.2 Å². The molecule has 2 amide bonds. The minimum atomic E-state index is -0.802. The lowest BCUT2D eigenvalue weighted by Gasteiger charge is -2.15. The molecule has 3 aromatic rings. The molecule has 31 heavy (non-hydrogen) atoms. The summed E-state index contributed by atoms with van der Waals surface area (Å²) in [6.07, 6.45) is 2.05. The molecule has 1 atom stereocenters. The van der Waals surface area contributed by atoms with Gasteiger partial charge in [0.05, 0.1) is 14.2 Å². The van der Waals surface area contributed by atoms with Gasteiger partial charge in [-0.2, -0.15) is 0 Å². The van der Waals surface area contributed by atoms with E-state index in [0.29, 0.717) is 22.8 Å². The molecule has 0 unspecified atom stereocenters. The monoisotopic (exact) mass is 420 g/mol. The second-order valence-corrected chi connectivity index (χ2v) is 6.69. The van der Waals surface area contributed by atoms with Gasteiger partial charge in [0.15, 0.2) is 6.10 Å². The Morgan fingerprint density at radius 2 is 1.61 bits per heavy atom. The summed E-state index contributed by atoms with van der Waals surface area (Å²) in [7, 11) is 3.09. The second kappa shape index (κ2) is 10.2. The van der Waals surface area contributed by atoms with E-state index in [9.17, 15) is 9.59 Å². The van der Waals surface area contributed by atoms with Gasteiger partial charge >= 0.3 is 0 Å². The lowest BCUT2D eigenvalue weighted by Crippen LogP contribution is -2.46. The average Bonchev–Trinajstić information content (AvgIpc) is 2.80. The molecule has 2 N–H and O–H groups in total. The molecule has 0 fully saturated rings. The molecule has 0 aliphatic heterocycles. The number of carbonyl (C=O) groups is 2. The Bertz CT molecular complexity index is 1110. The van der Waals surface area contributed by atoms with Gasteiger partial charge < -0.3 is 14.2 Å². The van der Waals surface area contributed by atoms with Gasteiger partial charge in [-0.05, 0) is 54.1 Å². The van der Waals surface area contributed by atoms with Gasteiger partial charge in [-0.15, -0.1) is 0 Å². The smallest absolute Gasteiger partial charge is 0.279 e. The Morgan fingerprint density at radius 1 is 0.871 bits per heavy atom. The van der Waals surface area contributed by atoms with Crippen LogP contribution in [0.4, 0.5) is 0 Å². The maximum atomic E-state index is 12.3. The molecule has 160 valence electrons. The number of carbonyl (C=O) groups excluding carboxylic acids is 2. The number of rotatable bonds is 7. The minimum Gasteiger partial charge on any atom is -0.497 e. The Morgan fingerprint density at radius 3 is 2.35 bits per heavy atom. The fourth-order valence-electron chi connectivity index (χ4n) is 2.90. The van der Waals surface area contributed by atoms with Crippen LogP contribution < -0.4 is 25.1 Å². The van der Waals surface area contributed by atoms with Crippen molar-refractivity contribution < 1.29 is 23.8 Å². The molecular formula is C24H24N2O5. The number of methoxy groups -OCH3 is 2. The van der Waals surface area contributed by atoms with Gasteiger partial charge in [0.25, 0.3) is 11.8 Å². The minimum absolute atomic E-state index is 0.478. The molecule has 0 saturated heterocycles. The van der Waals surface area contributed by atoms with E-state index in [1.807, 2.05) is 36.4 Å². The van der Waals surface area contributed by atoms with Crippen LogP contribution >= 0.6 is 0 Å². The van der Waals surface area contributed by atoms with Gasteiger partial charge in [-0.25, -0.2) is 0 Å². The van der Waals surface area contributed by atoms with E-state index in [2.05, 4.69) is 10.9 Å². The molecule has 0 radical (unpaired) electrons. The molecule has 3 aromatic carbocycles. The third-order valence-electron chi connectivity index (χ3n) is 4.56. The third kappa shape index (κ3) is 5.76. The predicted octanol–water partition coefficient (Wildman–Crippen LogP) is 3.49. The van der Waals surface area contributed by atoms with E-state index in [1.165, 1.54) is 13.2 Å². The summed E-state index contributed by atoms with van der Waals surface area (Å²) in [4.78, 5) is 24.3. The number of fused-ring (bicyclic) bond motifs is 1. The van der Waals surface area contributed by atoms with Crippen molar-refractivity contribution in [3.63, 3.8) is 0 Å². The first-order valence-corrected chi connectivity index (χ1v) is 9.65. The summed E-state index contributed by atoms with van der Waals surface area (Å²) in [5, 5.41) is 2.10. The molecule has 0 saturated carbocycles. The molecule has 0 bridgehead atoms. The first-order chi connectivity index (χ1) is 15.0. The van der Waals surface area contributed by atoms with Crippen LogP contribution in [-0.2, 0) is 9.59 Å². The Kier molecular flexibility index (Phi) is 7.11. The average molecular weight is 420 g/mol. The maximum absolute atomic E-state index is 12.3. The fraction of sp³-hybridized carbons (Fsp3) is 0.167. The lowest BCUT2D eigenvalue weighted by molar-refractivity contribution is -0.131. The number of nitrogens with one attached hydrogen (secondary N) is 2. The first-order valence-electron chi connectivity index (χ1n) is 9.65. The van der Waals surface area contributed by atoms with Crippen molar-refractivity contribution in [2.24, 2.45) is 0 Å². The summed E-state index contributed by atoms with van der Waals surface area (Å²) >= 11 is 0. The molecular weight excluding hydrogens is 396 g/mol. The van der Waals surface area contributed by atoms with Crippen molar-refractivity contribution in [2.45, 2.75) is 13.0 Å². The Hall–Kier alpha value is -4.00. The van der Waals surface area contributed by atoms with Gasteiger partial charge in [-0.3, -0.25) is 20.4 Å². The highest BCUT2D eigenvalue weighted by Gasteiger charge is 2.15. The molecule has 0 aromatic heterocycles. The SMILES string of the molecule is COc1ccc(OC)c(/C=C/C(=O)NNC(=O)[C@H](C)Oc2ccc3ccccc3c2)c1. The summed E-state index contributed by atoms with van der Waals surface area (Å²) in [6, 6.07) is 18.7. The zero-order valence-corrected chi connectivity index (χ0v) is 17.5. The standard InChI is InChI=1S/C24H24N2O5/c1-16(31-21-10-8-17-6-4-5-7-18(17)14-21)24(28)26-25-23(27)13-9-19-15-20(29-2)11-12-22(19)30-3/h4-16H,1-3H3,(H,25,27)(H,26,28)/b13-9+/t16-/m0/s1. The topological polar surface area (TPSA) is 85.9 Å². The molecule has 7 nitrogen and oxygen atoms in total. The maximum Gasteiger partial charge on any atom is 0.279 e. The van der Waals surface area contributed by atoms with Crippen molar-refractivity contribution >= 4 is 28.7 Å². The summed E-state index contributed by atoms with van der Waals surface area (Å²) in [5.74, 6) is 0.808. The van der Waals surface area contributed by atoms with Crippen molar-refractivity contribution in [1.29, 1.82) is 0 Å². The van der Waals surface area contributed by atoms with Crippen LogP contribution in [0.5, 0.6) is 17.2 Å². The van der Waals surface area contributed by atoms with E-state index in [1.54, 1.807) is 44.4 Å². The number of hydrazine groups is 1. The number of ether oxygens (including phenoxy) is 3. The van der Waals surface area contributed by atoms with E-state index >= 15 is 0 Å². The molecule has 7 heteroatoms. The van der Waals surface area contributed by atoms with Crippen LogP contribution in [-0.4, -0.2) is 32.1 Å². The van der Waals surface area contributed by atoms with Crippen LogP contribution in [0.3, 0.4) is 0 Å². The summed E-state index contributed by atoms with van der Waals surface area (Å²) in [6.45, 7) is 1.60. The normalized spacial score (nSPS) is 11.7. The highest BCUT2D eigenvalue weighted by molar-refractivity contribution is 5.94. The third-order valence-corrected chi connectivity index (χ3v) is 4.56. The lowest BCUT2D eigenvalue weighted by atomic mass is 10.1. The second-order valence-electron chi connectivity index (χ2n) is 6.69. The molecule has 0 spiro atoms. The van der Waals surface area contributed by atoms with Gasteiger partial charge in [0.2, 0.25) is 0 Å². The van der Waals surface area contributed by atoms with E-state index in [0.717, 1.165) is 10.8 Å². The van der Waals surface area contributed by atoms with E-state index in [4.69, 9.17) is 14.2 Å². The molecule has 0 heterocycles. The van der Waals surface area contributed by atoms with Crippen LogP contribution in [0.2, 0.25) is 0 Å². The van der Waals surface area contributed by atoms with Gasteiger partial charge in [-0.1, -0.05) is 30.3 Å². The quantitative estimate of drug-likeness (QED) is 0.451. The van der Waals surface area contributed by atoms with E-state index in [-0.39, 0.29) is 0 Å². The molecule has 0 aliphatic rings. The fourth-order valence-corrected chi connectivity index (χ4v) is 2.90. The number of hydrogen-bond donors (Lipinski definition) is 2. The molecule has 3 rings (SSSR count). The zero-order chi connectivity index (χ0) is 22.2. The number of hydrogen-bond acceptors (Lipinski definition) is 5. The van der Waals surface area contributed by atoms with E-state index < -0.39 is 17.9 Å². The van der Waals surface area contributed by atoms with Crippen LogP contribution in [0.15, 0.2) is 66.7 Å². The highest BCUT2D eigenvalue weighted by atomic mass is 16.5. The van der Waals surface area contributed by atoms with Gasteiger partial charge in [0, 0.05) is 11.6 Å². The number of benzene rings is 3.